The number of sulfonamides is 1. The smallest absolute Gasteiger partial charge is 0.261 e. The van der Waals surface area contributed by atoms with Gasteiger partial charge in [-0.1, -0.05) is 0 Å². The van der Waals surface area contributed by atoms with E-state index in [4.69, 9.17) is 0 Å². The zero-order valence-corrected chi connectivity index (χ0v) is 18.2. The minimum absolute atomic E-state index is 0.0907. The average Bonchev–Trinajstić information content (AvgIpc) is 2.69. The first-order valence-electron chi connectivity index (χ1n) is 9.62. The van der Waals surface area contributed by atoms with Crippen LogP contribution in [0.4, 0.5) is 28.8 Å². The lowest BCUT2D eigenvalue weighted by Crippen LogP contribution is -2.13. The third-order valence-electron chi connectivity index (χ3n) is 4.09. The Morgan fingerprint density at radius 1 is 0.935 bits per heavy atom. The zero-order chi connectivity index (χ0) is 22.4. The Hall–Kier alpha value is -3.66. The summed E-state index contributed by atoms with van der Waals surface area (Å²) in [6.45, 7) is 6.01. The second-order valence-corrected chi connectivity index (χ2v) is 8.44. The summed E-state index contributed by atoms with van der Waals surface area (Å²) in [5.74, 6) is 0.950. The molecular formula is C21H24N6O3S. The minimum atomic E-state index is -3.76. The van der Waals surface area contributed by atoms with Crippen molar-refractivity contribution in [1.29, 1.82) is 0 Å². The number of carbonyl (C=O) groups excluding carboxylic acids is 1. The number of carbonyl (C=O) groups is 1. The minimum Gasteiger partial charge on any atom is -0.370 e. The van der Waals surface area contributed by atoms with Crippen LogP contribution >= 0.6 is 0 Å². The molecule has 0 saturated carbocycles. The molecule has 1 heterocycles. The number of nitrogens with zero attached hydrogens (tertiary/aromatic N) is 2. The molecule has 162 valence electrons. The van der Waals surface area contributed by atoms with Gasteiger partial charge in [-0.25, -0.2) is 13.4 Å². The molecule has 0 aliphatic rings. The van der Waals surface area contributed by atoms with Crippen LogP contribution in [0.15, 0.2) is 59.5 Å². The first kappa shape index (κ1) is 22.0. The maximum atomic E-state index is 12.6. The molecule has 9 nitrogen and oxygen atoms in total. The first-order valence-corrected chi connectivity index (χ1v) is 11.1. The molecule has 0 aliphatic heterocycles. The van der Waals surface area contributed by atoms with Gasteiger partial charge >= 0.3 is 0 Å². The van der Waals surface area contributed by atoms with Crippen molar-refractivity contribution in [2.75, 3.05) is 27.2 Å². The van der Waals surface area contributed by atoms with Crippen LogP contribution in [0.5, 0.6) is 0 Å². The maximum absolute atomic E-state index is 12.6. The van der Waals surface area contributed by atoms with Crippen LogP contribution in [0, 0.1) is 6.92 Å². The number of aryl methyl sites for hydroxylation is 1. The van der Waals surface area contributed by atoms with E-state index in [1.54, 1.807) is 24.3 Å². The summed E-state index contributed by atoms with van der Waals surface area (Å²) in [4.78, 5) is 19.9. The van der Waals surface area contributed by atoms with Crippen LogP contribution in [0.3, 0.4) is 0 Å². The number of anilines is 5. The highest BCUT2D eigenvalue weighted by Crippen LogP contribution is 2.21. The van der Waals surface area contributed by atoms with E-state index in [0.29, 0.717) is 17.3 Å². The van der Waals surface area contributed by atoms with Gasteiger partial charge in [0.25, 0.3) is 10.0 Å². The van der Waals surface area contributed by atoms with E-state index in [2.05, 4.69) is 30.6 Å². The van der Waals surface area contributed by atoms with Gasteiger partial charge < -0.3 is 16.0 Å². The van der Waals surface area contributed by atoms with Crippen molar-refractivity contribution < 1.29 is 13.2 Å². The molecule has 1 amide bonds. The van der Waals surface area contributed by atoms with E-state index in [9.17, 15) is 13.2 Å². The standard InChI is InChI=1S/C21H24N6O3S/c1-4-22-20-13-14(2)23-21(26-20)25-17-5-7-18(8-6-17)27-31(29,30)19-11-9-16(10-12-19)24-15(3)28/h5-13,27H,4H2,1-3H3,(H,24,28)(H2,22,23,25,26). The highest BCUT2D eigenvalue weighted by Gasteiger charge is 2.14. The molecule has 0 bridgehead atoms. The van der Waals surface area contributed by atoms with Crippen molar-refractivity contribution in [3.05, 3.63) is 60.3 Å². The van der Waals surface area contributed by atoms with Gasteiger partial charge in [0.15, 0.2) is 0 Å². The van der Waals surface area contributed by atoms with Gasteiger partial charge in [0.1, 0.15) is 5.82 Å². The summed E-state index contributed by atoms with van der Waals surface area (Å²) in [5.41, 5.74) is 2.48. The van der Waals surface area contributed by atoms with Crippen LogP contribution in [0.2, 0.25) is 0 Å². The second kappa shape index (κ2) is 9.43. The van der Waals surface area contributed by atoms with Gasteiger partial charge in [0, 0.05) is 42.3 Å². The van der Waals surface area contributed by atoms with E-state index >= 15 is 0 Å². The fraction of sp³-hybridized carbons (Fsp3) is 0.190. The SMILES string of the molecule is CCNc1cc(C)nc(Nc2ccc(NS(=O)(=O)c3ccc(NC(C)=O)cc3)cc2)n1. The summed E-state index contributed by atoms with van der Waals surface area (Å²) >= 11 is 0. The van der Waals surface area contributed by atoms with E-state index in [0.717, 1.165) is 23.7 Å². The molecular weight excluding hydrogens is 416 g/mol. The predicted molar refractivity (Wildman–Crippen MR) is 122 cm³/mol. The number of hydrogen-bond donors (Lipinski definition) is 4. The Labute approximate surface area is 181 Å². The molecule has 10 heteroatoms. The van der Waals surface area contributed by atoms with Crippen molar-refractivity contribution in [2.45, 2.75) is 25.7 Å². The maximum Gasteiger partial charge on any atom is 0.261 e. The van der Waals surface area contributed by atoms with Crippen LogP contribution < -0.4 is 20.7 Å². The van der Waals surface area contributed by atoms with Crippen LogP contribution in [0.1, 0.15) is 19.5 Å². The Kier molecular flexibility index (Phi) is 6.71. The molecule has 3 rings (SSSR count). The van der Waals surface area contributed by atoms with Gasteiger partial charge in [-0.3, -0.25) is 9.52 Å². The van der Waals surface area contributed by atoms with Crippen LogP contribution in [-0.2, 0) is 14.8 Å². The first-order chi connectivity index (χ1) is 14.7. The Morgan fingerprint density at radius 3 is 2.16 bits per heavy atom. The average molecular weight is 441 g/mol. The van der Waals surface area contributed by atoms with Gasteiger partial charge in [-0.15, -0.1) is 0 Å². The lowest BCUT2D eigenvalue weighted by atomic mass is 10.3. The number of aromatic nitrogens is 2. The number of hydrogen-bond acceptors (Lipinski definition) is 7. The van der Waals surface area contributed by atoms with Gasteiger partial charge in [0.2, 0.25) is 11.9 Å². The topological polar surface area (TPSA) is 125 Å². The molecule has 31 heavy (non-hydrogen) atoms. The van der Waals surface area contributed by atoms with Gasteiger partial charge in [0.05, 0.1) is 4.90 Å². The van der Waals surface area contributed by atoms with E-state index in [1.807, 2.05) is 19.9 Å². The van der Waals surface area contributed by atoms with Crippen molar-refractivity contribution >= 4 is 44.8 Å². The van der Waals surface area contributed by atoms with E-state index < -0.39 is 10.0 Å². The number of amides is 1. The summed E-state index contributed by atoms with van der Waals surface area (Å²) in [5, 5.41) is 8.86. The quantitative estimate of drug-likeness (QED) is 0.421. The number of benzene rings is 2. The number of nitrogens with one attached hydrogen (secondary N) is 4. The largest absolute Gasteiger partial charge is 0.370 e. The van der Waals surface area contributed by atoms with Crippen molar-refractivity contribution in [2.24, 2.45) is 0 Å². The molecule has 0 radical (unpaired) electrons. The van der Waals surface area contributed by atoms with Crippen LogP contribution in [-0.4, -0.2) is 30.8 Å². The molecule has 0 saturated heterocycles. The van der Waals surface area contributed by atoms with Crippen molar-refractivity contribution in [3.63, 3.8) is 0 Å². The lowest BCUT2D eigenvalue weighted by Gasteiger charge is -2.11. The molecule has 1 aromatic heterocycles. The molecule has 4 N–H and O–H groups in total. The fourth-order valence-electron chi connectivity index (χ4n) is 2.78. The second-order valence-electron chi connectivity index (χ2n) is 6.76. The van der Waals surface area contributed by atoms with Gasteiger partial charge in [-0.2, -0.15) is 4.98 Å². The Balaban J connectivity index is 1.69. The zero-order valence-electron chi connectivity index (χ0n) is 17.4. The highest BCUT2D eigenvalue weighted by molar-refractivity contribution is 7.92. The van der Waals surface area contributed by atoms with Crippen LogP contribution in [0.25, 0.3) is 0 Å². The van der Waals surface area contributed by atoms with Gasteiger partial charge in [-0.05, 0) is 62.4 Å². The lowest BCUT2D eigenvalue weighted by molar-refractivity contribution is -0.114. The molecule has 0 fully saturated rings. The molecule has 0 unspecified atom stereocenters. The molecule has 0 aliphatic carbocycles. The monoisotopic (exact) mass is 440 g/mol. The summed E-state index contributed by atoms with van der Waals surface area (Å²) in [7, 11) is -3.76. The Morgan fingerprint density at radius 2 is 1.55 bits per heavy atom. The molecule has 3 aromatic rings. The van der Waals surface area contributed by atoms with E-state index in [-0.39, 0.29) is 10.8 Å². The van der Waals surface area contributed by atoms with Crippen molar-refractivity contribution in [1.82, 2.24) is 9.97 Å². The molecule has 2 aromatic carbocycles. The third kappa shape index (κ3) is 6.16. The highest BCUT2D eigenvalue weighted by atomic mass is 32.2. The number of rotatable bonds is 8. The fourth-order valence-corrected chi connectivity index (χ4v) is 3.84. The van der Waals surface area contributed by atoms with E-state index in [1.165, 1.54) is 31.2 Å². The Bertz CT molecular complexity index is 1160. The third-order valence-corrected chi connectivity index (χ3v) is 5.49. The normalized spacial score (nSPS) is 10.9. The predicted octanol–water partition coefficient (Wildman–Crippen LogP) is 3.72. The summed E-state index contributed by atoms with van der Waals surface area (Å²) in [6.07, 6.45) is 0. The molecule has 0 spiro atoms. The summed E-state index contributed by atoms with van der Waals surface area (Å²) in [6, 6.07) is 14.5. The molecule has 0 atom stereocenters. The summed E-state index contributed by atoms with van der Waals surface area (Å²) < 4.78 is 27.7. The van der Waals surface area contributed by atoms with Crippen molar-refractivity contribution in [3.8, 4) is 0 Å².